The molecular formula is C13H14ClNO2. The third kappa shape index (κ3) is 1.53. The van der Waals surface area contributed by atoms with Gasteiger partial charge in [0.15, 0.2) is 0 Å². The van der Waals surface area contributed by atoms with Crippen LogP contribution in [-0.4, -0.2) is 17.6 Å². The Morgan fingerprint density at radius 3 is 2.65 bits per heavy atom. The van der Waals surface area contributed by atoms with Crippen LogP contribution < -0.4 is 0 Å². The summed E-state index contributed by atoms with van der Waals surface area (Å²) in [5, 5.41) is 0.599. The van der Waals surface area contributed by atoms with Crippen molar-refractivity contribution in [2.75, 3.05) is 6.61 Å². The van der Waals surface area contributed by atoms with Gasteiger partial charge in [0.25, 0.3) is 0 Å². The summed E-state index contributed by atoms with van der Waals surface area (Å²) in [4.78, 5) is 14.9. The molecule has 17 heavy (non-hydrogen) atoms. The van der Waals surface area contributed by atoms with Crippen LogP contribution in [0.25, 0.3) is 0 Å². The number of rotatable bonds is 2. The minimum Gasteiger partial charge on any atom is -0.461 e. The van der Waals surface area contributed by atoms with E-state index in [9.17, 15) is 4.79 Å². The van der Waals surface area contributed by atoms with Crippen LogP contribution >= 0.6 is 11.6 Å². The number of ether oxygens (including phenoxy) is 1. The van der Waals surface area contributed by atoms with E-state index in [1.807, 2.05) is 0 Å². The van der Waals surface area contributed by atoms with Crippen molar-refractivity contribution in [1.29, 1.82) is 0 Å². The van der Waals surface area contributed by atoms with Crippen molar-refractivity contribution in [2.24, 2.45) is 0 Å². The van der Waals surface area contributed by atoms with Gasteiger partial charge in [-0.3, -0.25) is 0 Å². The molecule has 1 aromatic heterocycles. The predicted octanol–water partition coefficient (Wildman–Crippen LogP) is 3.38. The van der Waals surface area contributed by atoms with Gasteiger partial charge in [-0.05, 0) is 25.3 Å². The lowest BCUT2D eigenvalue weighted by molar-refractivity contribution is 0.0518. The average molecular weight is 252 g/mol. The van der Waals surface area contributed by atoms with Crippen molar-refractivity contribution in [3.05, 3.63) is 34.1 Å². The summed E-state index contributed by atoms with van der Waals surface area (Å²) in [7, 11) is 0. The van der Waals surface area contributed by atoms with Crippen LogP contribution in [0.3, 0.4) is 0 Å². The van der Waals surface area contributed by atoms with Crippen LogP contribution in [0.4, 0.5) is 0 Å². The molecule has 4 rings (SSSR count). The number of fused-ring (bicyclic) bond motifs is 1. The quantitative estimate of drug-likeness (QED) is 0.647. The number of aromatic amines is 1. The van der Waals surface area contributed by atoms with Crippen molar-refractivity contribution in [3.8, 4) is 0 Å². The van der Waals surface area contributed by atoms with E-state index in [-0.39, 0.29) is 5.97 Å². The molecular weight excluding hydrogens is 238 g/mol. The molecule has 2 unspecified atom stereocenters. The molecule has 1 heterocycles. The average Bonchev–Trinajstić information content (AvgIpc) is 2.72. The first-order valence-corrected chi connectivity index (χ1v) is 6.36. The molecule has 0 amide bonds. The summed E-state index contributed by atoms with van der Waals surface area (Å²) in [5.74, 6) is 0.386. The molecule has 0 aromatic carbocycles. The van der Waals surface area contributed by atoms with Gasteiger partial charge in [0, 0.05) is 17.4 Å². The van der Waals surface area contributed by atoms with E-state index >= 15 is 0 Å². The van der Waals surface area contributed by atoms with E-state index in [4.69, 9.17) is 16.3 Å². The Balaban J connectivity index is 2.10. The van der Waals surface area contributed by atoms with E-state index in [1.54, 1.807) is 6.92 Å². The van der Waals surface area contributed by atoms with E-state index in [0.717, 1.165) is 24.0 Å². The van der Waals surface area contributed by atoms with Gasteiger partial charge in [-0.15, -0.1) is 0 Å². The van der Waals surface area contributed by atoms with E-state index in [1.165, 1.54) is 0 Å². The molecule has 0 fully saturated rings. The van der Waals surface area contributed by atoms with Crippen molar-refractivity contribution in [2.45, 2.75) is 31.6 Å². The molecule has 90 valence electrons. The lowest BCUT2D eigenvalue weighted by atomic mass is 9.72. The van der Waals surface area contributed by atoms with Gasteiger partial charge in [-0.2, -0.15) is 0 Å². The highest BCUT2D eigenvalue weighted by molar-refractivity contribution is 6.31. The number of carbonyl (C=O) groups excluding carboxylic acids is 1. The molecule has 1 aromatic rings. The summed E-state index contributed by atoms with van der Waals surface area (Å²) in [5.41, 5.74) is 2.71. The summed E-state index contributed by atoms with van der Waals surface area (Å²) in [6.07, 6.45) is 6.59. The number of nitrogens with one attached hydrogen (secondary N) is 1. The number of H-pyrrole nitrogens is 1. The van der Waals surface area contributed by atoms with Crippen molar-refractivity contribution in [1.82, 2.24) is 4.98 Å². The van der Waals surface area contributed by atoms with E-state index < -0.39 is 0 Å². The molecule has 4 heteroatoms. The van der Waals surface area contributed by atoms with Gasteiger partial charge in [-0.25, -0.2) is 4.79 Å². The monoisotopic (exact) mass is 251 g/mol. The normalized spacial score (nSPS) is 24.8. The fourth-order valence-corrected chi connectivity index (χ4v) is 3.25. The zero-order valence-corrected chi connectivity index (χ0v) is 10.4. The fourth-order valence-electron chi connectivity index (χ4n) is 2.91. The van der Waals surface area contributed by atoms with E-state index in [0.29, 0.717) is 29.3 Å². The summed E-state index contributed by atoms with van der Waals surface area (Å²) in [6.45, 7) is 2.19. The highest BCUT2D eigenvalue weighted by Gasteiger charge is 2.36. The smallest absolute Gasteiger partial charge is 0.355 e. The van der Waals surface area contributed by atoms with Crippen LogP contribution in [-0.2, 0) is 4.74 Å². The second kappa shape index (κ2) is 3.91. The Morgan fingerprint density at radius 2 is 2.06 bits per heavy atom. The maximum absolute atomic E-state index is 11.9. The molecule has 0 aliphatic heterocycles. The lowest BCUT2D eigenvalue weighted by Crippen LogP contribution is -2.18. The fraction of sp³-hybridized carbons (Fsp3) is 0.462. The molecule has 0 saturated carbocycles. The minimum absolute atomic E-state index is 0.295. The Bertz CT molecular complexity index is 504. The molecule has 3 aliphatic carbocycles. The van der Waals surface area contributed by atoms with Gasteiger partial charge < -0.3 is 9.72 Å². The van der Waals surface area contributed by atoms with E-state index in [2.05, 4.69) is 17.1 Å². The van der Waals surface area contributed by atoms with Crippen molar-refractivity contribution < 1.29 is 9.53 Å². The summed E-state index contributed by atoms with van der Waals surface area (Å²) >= 11 is 6.20. The third-order valence-corrected chi connectivity index (χ3v) is 3.91. The Hall–Kier alpha value is -1.22. The van der Waals surface area contributed by atoms with Crippen LogP contribution in [0.1, 0.15) is 53.2 Å². The molecule has 0 saturated heterocycles. The molecule has 1 N–H and O–H groups in total. The molecule has 2 bridgehead atoms. The first-order chi connectivity index (χ1) is 8.22. The number of allylic oxidation sites excluding steroid dienone is 2. The largest absolute Gasteiger partial charge is 0.461 e. The number of esters is 1. The zero-order valence-electron chi connectivity index (χ0n) is 9.63. The molecule has 0 spiro atoms. The maximum atomic E-state index is 11.9. The Labute approximate surface area is 105 Å². The first kappa shape index (κ1) is 10.9. The number of halogens is 1. The van der Waals surface area contributed by atoms with Gasteiger partial charge in [0.2, 0.25) is 0 Å². The van der Waals surface area contributed by atoms with Crippen LogP contribution in [0, 0.1) is 0 Å². The lowest BCUT2D eigenvalue weighted by Gasteiger charge is -2.31. The number of aromatic nitrogens is 1. The van der Waals surface area contributed by atoms with Gasteiger partial charge in [0.05, 0.1) is 6.61 Å². The predicted molar refractivity (Wildman–Crippen MR) is 65.6 cm³/mol. The standard InChI is InChI=1S/C13H14ClNO2/c1-2-17-13(16)11-9-7-3-5-8(6-4-7)10(9)12(14)15-11/h3,5,7-8,15H,2,4,6H2,1H3. The molecule has 3 aliphatic rings. The van der Waals surface area contributed by atoms with Crippen molar-refractivity contribution in [3.63, 3.8) is 0 Å². The zero-order chi connectivity index (χ0) is 12.0. The maximum Gasteiger partial charge on any atom is 0.355 e. The molecule has 3 nitrogen and oxygen atoms in total. The Morgan fingerprint density at radius 1 is 1.41 bits per heavy atom. The topological polar surface area (TPSA) is 42.1 Å². The highest BCUT2D eigenvalue weighted by atomic mass is 35.5. The number of carbonyl (C=O) groups is 1. The summed E-state index contributed by atoms with van der Waals surface area (Å²) in [6, 6.07) is 0. The number of hydrogen-bond donors (Lipinski definition) is 1. The highest BCUT2D eigenvalue weighted by Crippen LogP contribution is 2.49. The molecule has 0 radical (unpaired) electrons. The number of hydrogen-bond acceptors (Lipinski definition) is 2. The first-order valence-electron chi connectivity index (χ1n) is 5.99. The second-order valence-electron chi connectivity index (χ2n) is 4.54. The van der Waals surface area contributed by atoms with Gasteiger partial charge in [0.1, 0.15) is 10.8 Å². The van der Waals surface area contributed by atoms with Gasteiger partial charge >= 0.3 is 5.97 Å². The van der Waals surface area contributed by atoms with Crippen LogP contribution in [0.15, 0.2) is 12.2 Å². The van der Waals surface area contributed by atoms with Crippen LogP contribution in [0.2, 0.25) is 5.15 Å². The van der Waals surface area contributed by atoms with Crippen LogP contribution in [0.5, 0.6) is 0 Å². The van der Waals surface area contributed by atoms with Gasteiger partial charge in [-0.1, -0.05) is 23.8 Å². The second-order valence-corrected chi connectivity index (χ2v) is 4.92. The molecule has 2 atom stereocenters. The third-order valence-electron chi connectivity index (χ3n) is 3.62. The minimum atomic E-state index is -0.295. The Kier molecular flexibility index (Phi) is 2.51. The van der Waals surface area contributed by atoms with Crippen molar-refractivity contribution >= 4 is 17.6 Å². The summed E-state index contributed by atoms with van der Waals surface area (Å²) < 4.78 is 5.06. The SMILES string of the molecule is CCOC(=O)c1[nH]c(Cl)c2c1C1C=CC2CC1.